The lowest BCUT2D eigenvalue weighted by molar-refractivity contribution is 0.0710. The van der Waals surface area contributed by atoms with Gasteiger partial charge in [-0.15, -0.1) is 0 Å². The molecule has 3 N–H and O–H groups in total. The Morgan fingerprint density at radius 2 is 1.82 bits per heavy atom. The number of hydroxylamine groups is 1. The number of rotatable bonds is 7. The highest BCUT2D eigenvalue weighted by Crippen LogP contribution is 2.27. The first-order valence-electron chi connectivity index (χ1n) is 10.4. The lowest BCUT2D eigenvalue weighted by Crippen LogP contribution is -2.48. The van der Waals surface area contributed by atoms with Crippen molar-refractivity contribution >= 4 is 32.4 Å². The number of sulfonamides is 1. The molecule has 174 valence electrons. The van der Waals surface area contributed by atoms with Crippen molar-refractivity contribution in [2.24, 2.45) is 0 Å². The number of carbonyl (C=O) groups is 1. The van der Waals surface area contributed by atoms with Gasteiger partial charge in [0.15, 0.2) is 5.13 Å². The Morgan fingerprint density at radius 1 is 1.09 bits per heavy atom. The molecule has 1 amide bonds. The number of benzene rings is 2. The minimum absolute atomic E-state index is 0.266. The van der Waals surface area contributed by atoms with Gasteiger partial charge in [0, 0.05) is 32.7 Å². The number of hydrogen-bond donors (Lipinski definition) is 3. The summed E-state index contributed by atoms with van der Waals surface area (Å²) in [6, 6.07) is 15.1. The number of aromatic nitrogens is 1. The van der Waals surface area contributed by atoms with Gasteiger partial charge in [-0.1, -0.05) is 41.7 Å². The molecular weight excluding hydrogens is 462 g/mol. The number of thiazole rings is 1. The summed E-state index contributed by atoms with van der Waals surface area (Å²) in [5, 5.41) is 12.5. The smallest absolute Gasteiger partial charge is 0.286 e. The normalized spacial score (nSPS) is 14.9. The third kappa shape index (κ3) is 5.07. The van der Waals surface area contributed by atoms with Crippen LogP contribution >= 0.6 is 11.3 Å². The maximum absolute atomic E-state index is 13.2. The highest BCUT2D eigenvalue weighted by molar-refractivity contribution is 7.89. The molecule has 1 saturated heterocycles. The summed E-state index contributed by atoms with van der Waals surface area (Å²) in [6.07, 6.45) is 1.39. The predicted molar refractivity (Wildman–Crippen MR) is 127 cm³/mol. The van der Waals surface area contributed by atoms with Gasteiger partial charge in [0.25, 0.3) is 5.91 Å². The molecular formula is C22H25N5O4S2. The molecule has 0 spiro atoms. The molecule has 0 atom stereocenters. The number of anilines is 1. The van der Waals surface area contributed by atoms with E-state index in [0.29, 0.717) is 36.2 Å². The van der Waals surface area contributed by atoms with E-state index < -0.39 is 15.9 Å². The van der Waals surface area contributed by atoms with E-state index in [-0.39, 0.29) is 4.90 Å². The van der Waals surface area contributed by atoms with Crippen molar-refractivity contribution < 1.29 is 18.4 Å². The fourth-order valence-corrected chi connectivity index (χ4v) is 6.00. The summed E-state index contributed by atoms with van der Waals surface area (Å²) in [5.41, 5.74) is 4.75. The fraction of sp³-hybridized carbons (Fsp3) is 0.273. The van der Waals surface area contributed by atoms with Gasteiger partial charge in [0.05, 0.1) is 11.1 Å². The van der Waals surface area contributed by atoms with Crippen LogP contribution in [0.3, 0.4) is 0 Å². The molecule has 0 saturated carbocycles. The number of piperazine rings is 1. The molecule has 1 aliphatic rings. The molecule has 0 unspecified atom stereocenters. The van der Waals surface area contributed by atoms with Crippen molar-refractivity contribution in [2.45, 2.75) is 11.4 Å². The van der Waals surface area contributed by atoms with Gasteiger partial charge in [-0.2, -0.15) is 4.31 Å². The van der Waals surface area contributed by atoms with Crippen LogP contribution in [0.1, 0.15) is 15.2 Å². The molecule has 1 fully saturated rings. The van der Waals surface area contributed by atoms with Crippen LogP contribution in [0.15, 0.2) is 59.6 Å². The van der Waals surface area contributed by atoms with Gasteiger partial charge < -0.3 is 10.2 Å². The molecule has 33 heavy (non-hydrogen) atoms. The van der Waals surface area contributed by atoms with Crippen molar-refractivity contribution in [1.82, 2.24) is 20.1 Å². The van der Waals surface area contributed by atoms with Gasteiger partial charge >= 0.3 is 0 Å². The van der Waals surface area contributed by atoms with E-state index in [0.717, 1.165) is 34.6 Å². The first-order chi connectivity index (χ1) is 15.9. The number of carbonyl (C=O) groups excluding carboxylic acids is 1. The minimum Gasteiger partial charge on any atom is -0.345 e. The Kier molecular flexibility index (Phi) is 7.05. The highest BCUT2D eigenvalue weighted by Gasteiger charge is 2.29. The SMILES string of the molecule is CNCc1cccc(-c2ccc(S(=O)(=O)N3CCN(c4ncc(C(=O)NO)s4)CC3)cc2)c1. The molecule has 9 nitrogen and oxygen atoms in total. The van der Waals surface area contributed by atoms with Crippen molar-refractivity contribution in [3.05, 3.63) is 65.2 Å². The van der Waals surface area contributed by atoms with Crippen molar-refractivity contribution in [3.8, 4) is 11.1 Å². The van der Waals surface area contributed by atoms with Crippen molar-refractivity contribution in [3.63, 3.8) is 0 Å². The predicted octanol–water partition coefficient (Wildman–Crippen LogP) is 2.16. The second-order valence-corrected chi connectivity index (χ2v) is 10.5. The number of amides is 1. The van der Waals surface area contributed by atoms with Crippen molar-refractivity contribution in [1.29, 1.82) is 0 Å². The lowest BCUT2D eigenvalue weighted by Gasteiger charge is -2.33. The summed E-state index contributed by atoms with van der Waals surface area (Å²) >= 11 is 1.15. The van der Waals surface area contributed by atoms with Crippen LogP contribution in [-0.4, -0.2) is 62.0 Å². The Hall–Kier alpha value is -2.83. The largest absolute Gasteiger partial charge is 0.345 e. The average Bonchev–Trinajstić information content (AvgIpc) is 3.34. The summed E-state index contributed by atoms with van der Waals surface area (Å²) in [5.74, 6) is -0.614. The van der Waals surface area contributed by atoms with E-state index in [9.17, 15) is 13.2 Å². The van der Waals surface area contributed by atoms with E-state index >= 15 is 0 Å². The van der Waals surface area contributed by atoms with Crippen LogP contribution in [0.4, 0.5) is 5.13 Å². The van der Waals surface area contributed by atoms with E-state index in [4.69, 9.17) is 5.21 Å². The molecule has 2 heterocycles. The maximum Gasteiger partial charge on any atom is 0.286 e. The number of nitrogens with one attached hydrogen (secondary N) is 2. The van der Waals surface area contributed by atoms with Crippen LogP contribution in [0.5, 0.6) is 0 Å². The monoisotopic (exact) mass is 487 g/mol. The van der Waals surface area contributed by atoms with E-state index in [1.807, 2.05) is 42.3 Å². The molecule has 1 aromatic heterocycles. The third-order valence-corrected chi connectivity index (χ3v) is 8.43. The zero-order valence-corrected chi connectivity index (χ0v) is 19.7. The average molecular weight is 488 g/mol. The zero-order chi connectivity index (χ0) is 23.4. The summed E-state index contributed by atoms with van der Waals surface area (Å²) in [6.45, 7) is 2.32. The first kappa shape index (κ1) is 23.3. The Bertz CT molecular complexity index is 1220. The maximum atomic E-state index is 13.2. The lowest BCUT2D eigenvalue weighted by atomic mass is 10.0. The molecule has 2 aromatic carbocycles. The van der Waals surface area contributed by atoms with Crippen LogP contribution in [0.25, 0.3) is 11.1 Å². The second kappa shape index (κ2) is 9.98. The number of hydrogen-bond acceptors (Lipinski definition) is 8. The summed E-state index contributed by atoms with van der Waals surface area (Å²) < 4.78 is 27.8. The summed E-state index contributed by atoms with van der Waals surface area (Å²) in [7, 11) is -1.71. The molecule has 0 radical (unpaired) electrons. The Morgan fingerprint density at radius 3 is 2.48 bits per heavy atom. The van der Waals surface area contributed by atoms with Gasteiger partial charge in [0.1, 0.15) is 4.88 Å². The molecule has 1 aliphatic heterocycles. The topological polar surface area (TPSA) is 115 Å². The van der Waals surface area contributed by atoms with Crippen LogP contribution in [0.2, 0.25) is 0 Å². The van der Waals surface area contributed by atoms with E-state index in [2.05, 4.69) is 16.4 Å². The van der Waals surface area contributed by atoms with Crippen LogP contribution in [0, 0.1) is 0 Å². The Balaban J connectivity index is 1.43. The quantitative estimate of drug-likeness (QED) is 0.346. The fourth-order valence-electron chi connectivity index (χ4n) is 3.72. The highest BCUT2D eigenvalue weighted by atomic mass is 32.2. The standard InChI is InChI=1S/C22H25N5O4S2/c1-23-14-16-3-2-4-18(13-16)17-5-7-19(8-6-17)33(30,31)27-11-9-26(10-12-27)22-24-15-20(32-22)21(28)25-29/h2-8,13,15,23,29H,9-12,14H2,1H3,(H,25,28). The van der Waals surface area contributed by atoms with E-state index in [1.54, 1.807) is 17.6 Å². The molecule has 0 aliphatic carbocycles. The van der Waals surface area contributed by atoms with Gasteiger partial charge in [0.2, 0.25) is 10.0 Å². The second-order valence-electron chi connectivity index (χ2n) is 7.59. The molecule has 0 bridgehead atoms. The van der Waals surface area contributed by atoms with Gasteiger partial charge in [-0.05, 0) is 41.9 Å². The van der Waals surface area contributed by atoms with Gasteiger partial charge in [-0.3, -0.25) is 10.0 Å². The first-order valence-corrected chi connectivity index (χ1v) is 12.7. The minimum atomic E-state index is -3.61. The molecule has 3 aromatic rings. The molecule has 4 rings (SSSR count). The van der Waals surface area contributed by atoms with Crippen LogP contribution < -0.4 is 15.7 Å². The zero-order valence-electron chi connectivity index (χ0n) is 18.1. The summed E-state index contributed by atoms with van der Waals surface area (Å²) in [4.78, 5) is 18.2. The Labute approximate surface area is 196 Å². The van der Waals surface area contributed by atoms with Crippen molar-refractivity contribution in [2.75, 3.05) is 38.1 Å². The number of nitrogens with zero attached hydrogens (tertiary/aromatic N) is 3. The van der Waals surface area contributed by atoms with E-state index in [1.165, 1.54) is 10.5 Å². The molecule has 11 heteroatoms. The van der Waals surface area contributed by atoms with Crippen LogP contribution in [-0.2, 0) is 16.6 Å². The third-order valence-electron chi connectivity index (χ3n) is 5.46. The van der Waals surface area contributed by atoms with Gasteiger partial charge in [-0.25, -0.2) is 18.9 Å².